The lowest BCUT2D eigenvalue weighted by molar-refractivity contribution is -0.132. The molecule has 1 fully saturated rings. The highest BCUT2D eigenvalue weighted by Gasteiger charge is 2.26. The second-order valence-electron chi connectivity index (χ2n) is 5.93. The third kappa shape index (κ3) is 4.01. The summed E-state index contributed by atoms with van der Waals surface area (Å²) in [5.74, 6) is -1.45. The maximum atomic E-state index is 13.8. The standard InChI is InChI=1S/C17H17F2N3O2S/c1-10(23)22-6-4-11(5-7-22)16(24)21-17-20-15(9-25-17)13-8-12(18)2-3-14(13)19/h2-3,8-9,11H,4-7H2,1H3,(H,20,21,24). The molecule has 1 aliphatic heterocycles. The Hall–Kier alpha value is -2.35. The van der Waals surface area contributed by atoms with E-state index in [4.69, 9.17) is 0 Å². The smallest absolute Gasteiger partial charge is 0.229 e. The molecular formula is C17H17F2N3O2S. The van der Waals surface area contributed by atoms with Crippen LogP contribution in [0, 0.1) is 17.6 Å². The second kappa shape index (κ2) is 7.26. The molecule has 1 aromatic heterocycles. The molecule has 0 unspecified atom stereocenters. The molecule has 2 heterocycles. The average Bonchev–Trinajstić information content (AvgIpc) is 3.05. The maximum Gasteiger partial charge on any atom is 0.229 e. The third-order valence-electron chi connectivity index (χ3n) is 4.25. The molecule has 1 aliphatic rings. The molecule has 0 atom stereocenters. The third-order valence-corrected chi connectivity index (χ3v) is 5.01. The van der Waals surface area contributed by atoms with Crippen molar-refractivity contribution < 1.29 is 18.4 Å². The molecule has 0 bridgehead atoms. The van der Waals surface area contributed by atoms with Gasteiger partial charge < -0.3 is 10.2 Å². The Morgan fingerprint density at radius 3 is 2.68 bits per heavy atom. The van der Waals surface area contributed by atoms with Crippen LogP contribution in [0.25, 0.3) is 11.3 Å². The van der Waals surface area contributed by atoms with Crippen molar-refractivity contribution >= 4 is 28.3 Å². The first-order chi connectivity index (χ1) is 11.9. The van der Waals surface area contributed by atoms with E-state index in [1.807, 2.05) is 0 Å². The zero-order chi connectivity index (χ0) is 18.0. The van der Waals surface area contributed by atoms with Crippen LogP contribution in [0.2, 0.25) is 0 Å². The molecule has 0 radical (unpaired) electrons. The molecule has 132 valence electrons. The Bertz CT molecular complexity index is 801. The van der Waals surface area contributed by atoms with Gasteiger partial charge in [0.15, 0.2) is 5.13 Å². The summed E-state index contributed by atoms with van der Waals surface area (Å²) in [6.07, 6.45) is 1.20. The van der Waals surface area contributed by atoms with Crippen LogP contribution in [0.4, 0.5) is 13.9 Å². The van der Waals surface area contributed by atoms with Crippen molar-refractivity contribution in [1.29, 1.82) is 0 Å². The normalized spacial score (nSPS) is 15.2. The van der Waals surface area contributed by atoms with E-state index >= 15 is 0 Å². The number of hydrogen-bond acceptors (Lipinski definition) is 4. The number of rotatable bonds is 3. The number of anilines is 1. The second-order valence-corrected chi connectivity index (χ2v) is 6.79. The van der Waals surface area contributed by atoms with Gasteiger partial charge in [-0.3, -0.25) is 9.59 Å². The summed E-state index contributed by atoms with van der Waals surface area (Å²) < 4.78 is 27.1. The van der Waals surface area contributed by atoms with E-state index in [-0.39, 0.29) is 29.0 Å². The Balaban J connectivity index is 1.65. The number of carbonyl (C=O) groups excluding carboxylic acids is 2. The van der Waals surface area contributed by atoms with Gasteiger partial charge >= 0.3 is 0 Å². The van der Waals surface area contributed by atoms with Crippen LogP contribution in [0.1, 0.15) is 19.8 Å². The van der Waals surface area contributed by atoms with Crippen LogP contribution in [-0.4, -0.2) is 34.8 Å². The topological polar surface area (TPSA) is 62.3 Å². The average molecular weight is 365 g/mol. The zero-order valence-electron chi connectivity index (χ0n) is 13.6. The quantitative estimate of drug-likeness (QED) is 0.908. The van der Waals surface area contributed by atoms with Crippen LogP contribution < -0.4 is 5.32 Å². The van der Waals surface area contributed by atoms with E-state index in [0.29, 0.717) is 31.1 Å². The highest BCUT2D eigenvalue weighted by molar-refractivity contribution is 7.14. The number of likely N-dealkylation sites (tertiary alicyclic amines) is 1. The van der Waals surface area contributed by atoms with Gasteiger partial charge in [-0.2, -0.15) is 0 Å². The predicted octanol–water partition coefficient (Wildman–Crippen LogP) is 3.29. The number of nitrogens with zero attached hydrogens (tertiary/aromatic N) is 2. The minimum absolute atomic E-state index is 0.0144. The Morgan fingerprint density at radius 1 is 1.28 bits per heavy atom. The number of hydrogen-bond donors (Lipinski definition) is 1. The number of piperidine rings is 1. The largest absolute Gasteiger partial charge is 0.343 e. The lowest BCUT2D eigenvalue weighted by atomic mass is 9.96. The molecule has 1 N–H and O–H groups in total. The molecule has 8 heteroatoms. The van der Waals surface area contributed by atoms with Crippen LogP contribution in [-0.2, 0) is 9.59 Å². The van der Waals surface area contributed by atoms with E-state index in [9.17, 15) is 18.4 Å². The number of thiazole rings is 1. The summed E-state index contributed by atoms with van der Waals surface area (Å²) in [7, 11) is 0. The Morgan fingerprint density at radius 2 is 2.00 bits per heavy atom. The minimum Gasteiger partial charge on any atom is -0.343 e. The predicted molar refractivity (Wildman–Crippen MR) is 91.1 cm³/mol. The van der Waals surface area contributed by atoms with Gasteiger partial charge in [-0.25, -0.2) is 13.8 Å². The van der Waals surface area contributed by atoms with E-state index in [0.717, 1.165) is 29.5 Å². The number of carbonyl (C=O) groups is 2. The molecule has 1 aromatic carbocycles. The fourth-order valence-corrected chi connectivity index (χ4v) is 3.53. The molecular weight excluding hydrogens is 348 g/mol. The SMILES string of the molecule is CC(=O)N1CCC(C(=O)Nc2nc(-c3cc(F)ccc3F)cs2)CC1. The van der Waals surface area contributed by atoms with Crippen LogP contribution >= 0.6 is 11.3 Å². The van der Waals surface area contributed by atoms with Gasteiger partial charge in [0.05, 0.1) is 5.69 Å². The highest BCUT2D eigenvalue weighted by atomic mass is 32.1. The van der Waals surface area contributed by atoms with Crippen molar-refractivity contribution in [2.45, 2.75) is 19.8 Å². The first-order valence-electron chi connectivity index (χ1n) is 7.91. The molecule has 2 aromatic rings. The molecule has 1 saturated heterocycles. The number of nitrogens with one attached hydrogen (secondary N) is 1. The first-order valence-corrected chi connectivity index (χ1v) is 8.79. The summed E-state index contributed by atoms with van der Waals surface area (Å²) >= 11 is 1.16. The fraction of sp³-hybridized carbons (Fsp3) is 0.353. The van der Waals surface area contributed by atoms with Crippen molar-refractivity contribution in [1.82, 2.24) is 9.88 Å². The van der Waals surface area contributed by atoms with E-state index in [2.05, 4.69) is 10.3 Å². The molecule has 0 aliphatic carbocycles. The first kappa shape index (κ1) is 17.5. The van der Waals surface area contributed by atoms with Gasteiger partial charge in [-0.05, 0) is 31.0 Å². The summed E-state index contributed by atoms with van der Waals surface area (Å²) in [5, 5.41) is 4.65. The molecule has 3 rings (SSSR count). The van der Waals surface area contributed by atoms with Crippen molar-refractivity contribution in [3.63, 3.8) is 0 Å². The summed E-state index contributed by atoms with van der Waals surface area (Å²) in [6.45, 7) is 2.64. The maximum absolute atomic E-state index is 13.8. The van der Waals surface area contributed by atoms with Gasteiger partial charge in [-0.15, -0.1) is 11.3 Å². The van der Waals surface area contributed by atoms with E-state index in [1.54, 1.807) is 10.3 Å². The van der Waals surface area contributed by atoms with Crippen LogP contribution in [0.3, 0.4) is 0 Å². The van der Waals surface area contributed by atoms with Gasteiger partial charge in [0.25, 0.3) is 0 Å². The molecule has 25 heavy (non-hydrogen) atoms. The number of halogens is 2. The summed E-state index contributed by atoms with van der Waals surface area (Å²) in [6, 6.07) is 3.17. The van der Waals surface area contributed by atoms with Crippen LogP contribution in [0.15, 0.2) is 23.6 Å². The van der Waals surface area contributed by atoms with Crippen molar-refractivity contribution in [2.24, 2.45) is 5.92 Å². The summed E-state index contributed by atoms with van der Waals surface area (Å²) in [4.78, 5) is 29.5. The van der Waals surface area contributed by atoms with Crippen molar-refractivity contribution in [3.05, 3.63) is 35.2 Å². The summed E-state index contributed by atoms with van der Waals surface area (Å²) in [5.41, 5.74) is 0.343. The number of aromatic nitrogens is 1. The Kier molecular flexibility index (Phi) is 5.08. The van der Waals surface area contributed by atoms with Gasteiger partial charge in [0, 0.05) is 36.9 Å². The van der Waals surface area contributed by atoms with Crippen molar-refractivity contribution in [3.8, 4) is 11.3 Å². The van der Waals surface area contributed by atoms with Gasteiger partial charge in [0.1, 0.15) is 11.6 Å². The lowest BCUT2D eigenvalue weighted by Crippen LogP contribution is -2.40. The molecule has 0 spiro atoms. The highest BCUT2D eigenvalue weighted by Crippen LogP contribution is 2.28. The van der Waals surface area contributed by atoms with Gasteiger partial charge in [0.2, 0.25) is 11.8 Å². The monoisotopic (exact) mass is 365 g/mol. The van der Waals surface area contributed by atoms with E-state index < -0.39 is 11.6 Å². The van der Waals surface area contributed by atoms with Crippen molar-refractivity contribution in [2.75, 3.05) is 18.4 Å². The number of amides is 2. The Labute approximate surface area is 147 Å². The molecule has 2 amide bonds. The zero-order valence-corrected chi connectivity index (χ0v) is 14.4. The molecule has 0 saturated carbocycles. The van der Waals surface area contributed by atoms with Gasteiger partial charge in [-0.1, -0.05) is 0 Å². The number of benzene rings is 1. The van der Waals surface area contributed by atoms with Crippen LogP contribution in [0.5, 0.6) is 0 Å². The van der Waals surface area contributed by atoms with E-state index in [1.165, 1.54) is 6.92 Å². The fourth-order valence-electron chi connectivity index (χ4n) is 2.81. The lowest BCUT2D eigenvalue weighted by Gasteiger charge is -2.30. The minimum atomic E-state index is -0.568. The molecule has 5 nitrogen and oxygen atoms in total.